The van der Waals surface area contributed by atoms with Crippen molar-refractivity contribution in [2.24, 2.45) is 59.2 Å². The molecule has 5 fully saturated rings. The molecule has 6 heteroatoms. The molecule has 5 aliphatic carbocycles. The fourth-order valence-electron chi connectivity index (χ4n) is 11.9. The fraction of sp³-hybridized carbons (Fsp3) is 0.500. The van der Waals surface area contributed by atoms with E-state index in [1.54, 1.807) is 7.11 Å². The summed E-state index contributed by atoms with van der Waals surface area (Å²) in [4.78, 5) is 0. The van der Waals surface area contributed by atoms with Gasteiger partial charge in [0, 0.05) is 91.2 Å². The van der Waals surface area contributed by atoms with E-state index in [0.717, 1.165) is 70.6 Å². The second kappa shape index (κ2) is 33.0. The zero-order chi connectivity index (χ0) is 52.6. The van der Waals surface area contributed by atoms with Gasteiger partial charge in [-0.2, -0.15) is 0 Å². The third kappa shape index (κ3) is 18.7. The second-order valence-corrected chi connectivity index (χ2v) is 19.5. The molecule has 0 N–H and O–H groups in total. The Kier molecular flexibility index (Phi) is 25.5. The Hall–Kier alpha value is -7.82. The zero-order valence-corrected chi connectivity index (χ0v) is 43.4. The Morgan fingerprint density at radius 2 is 0.797 bits per heavy atom. The smallest absolute Gasteiger partial charge is 0.148 e. The van der Waals surface area contributed by atoms with Gasteiger partial charge in [0.2, 0.25) is 0 Å². The average Bonchev–Trinajstić information content (AvgIpc) is 3.42. The van der Waals surface area contributed by atoms with Crippen molar-refractivity contribution in [1.29, 1.82) is 0 Å². The Morgan fingerprint density at radius 1 is 0.351 bits per heavy atom. The van der Waals surface area contributed by atoms with Crippen LogP contribution in [0.15, 0.2) is 36.5 Å². The van der Waals surface area contributed by atoms with Crippen LogP contribution in [0.4, 0.5) is 0 Å². The van der Waals surface area contributed by atoms with E-state index >= 15 is 0 Å². The van der Waals surface area contributed by atoms with Crippen molar-refractivity contribution in [3.05, 3.63) is 36.5 Å². The quantitative estimate of drug-likeness (QED) is 0.136. The zero-order valence-electron chi connectivity index (χ0n) is 43.4. The first-order valence-corrected chi connectivity index (χ1v) is 25.9. The SMILES string of the molecule is C#CC#CC#CC#CC#COC1CCC(C2CC(C)CCC2/C=C/C2CC(C3CCC(OC#CC#C)C(OC#CC#C)C3)C(/C=C/C3CC(OC#CC#CC#CC#CC#C)C(/C=C/C)CC3OC)CC2OC)CC1. The summed E-state index contributed by atoms with van der Waals surface area (Å²) >= 11 is 0. The van der Waals surface area contributed by atoms with Crippen molar-refractivity contribution in [3.8, 4) is 169 Å². The third-order valence-corrected chi connectivity index (χ3v) is 15.3. The van der Waals surface area contributed by atoms with Gasteiger partial charge in [0.15, 0.2) is 0 Å². The summed E-state index contributed by atoms with van der Waals surface area (Å²) in [6.07, 6.45) is 59.5. The van der Waals surface area contributed by atoms with Crippen LogP contribution in [0.3, 0.4) is 0 Å². The maximum absolute atomic E-state index is 6.45. The van der Waals surface area contributed by atoms with E-state index < -0.39 is 0 Å². The highest BCUT2D eigenvalue weighted by Gasteiger charge is 2.45. The van der Waals surface area contributed by atoms with Gasteiger partial charge in [0.05, 0.1) is 12.2 Å². The number of hydrogen-bond donors (Lipinski definition) is 0. The molecule has 0 bridgehead atoms. The molecule has 0 amide bonds. The van der Waals surface area contributed by atoms with Gasteiger partial charge in [0.1, 0.15) is 48.8 Å². The standard InChI is InChI=1S/C68H66O6/c1-9-14-18-20-22-24-26-28-45-71-61-40-37-55(38-41-61)62-47-53(6)31-32-54(62)33-35-59-48-63(57-39-42-64(72-43-16-11-3)68(50-57)74-44-17-12-4)56(49-65(59)69-7)34-36-60-52-67(58(30-13-5)51-66(60)70-8)73-46-29-27-25-23-21-19-15-10-2/h1-4,13,30,33-36,53-68H,31-32,37-42,47-52H2,5-8H3/b30-13+,35-33+,36-34+. The van der Waals surface area contributed by atoms with Gasteiger partial charge in [-0.1, -0.05) is 49.8 Å². The largest absolute Gasteiger partial charge is 0.443 e. The van der Waals surface area contributed by atoms with Crippen molar-refractivity contribution >= 4 is 0 Å². The Labute approximate surface area is 445 Å². The molecule has 14 atom stereocenters. The molecule has 0 aromatic heterocycles. The first-order valence-electron chi connectivity index (χ1n) is 25.9. The summed E-state index contributed by atoms with van der Waals surface area (Å²) in [5.74, 6) is 54.8. The summed E-state index contributed by atoms with van der Waals surface area (Å²) in [6, 6.07) is 0. The van der Waals surface area contributed by atoms with E-state index in [0.29, 0.717) is 35.5 Å². The molecule has 0 heterocycles. The molecule has 5 aliphatic rings. The van der Waals surface area contributed by atoms with Crippen LogP contribution in [0.5, 0.6) is 0 Å². The predicted octanol–water partition coefficient (Wildman–Crippen LogP) is 9.35. The minimum absolute atomic E-state index is 0.000791. The van der Waals surface area contributed by atoms with E-state index in [4.69, 9.17) is 54.1 Å². The Morgan fingerprint density at radius 3 is 1.39 bits per heavy atom. The maximum Gasteiger partial charge on any atom is 0.148 e. The highest BCUT2D eigenvalue weighted by molar-refractivity contribution is 5.42. The first kappa shape index (κ1) is 57.1. The molecule has 5 rings (SSSR count). The monoisotopic (exact) mass is 978 g/mol. The number of terminal acetylenes is 4. The van der Waals surface area contributed by atoms with Gasteiger partial charge in [-0.25, -0.2) is 0 Å². The summed E-state index contributed by atoms with van der Waals surface area (Å²) in [6.45, 7) is 4.44. The van der Waals surface area contributed by atoms with Crippen LogP contribution in [-0.2, 0) is 28.4 Å². The van der Waals surface area contributed by atoms with Crippen molar-refractivity contribution in [2.75, 3.05) is 14.2 Å². The molecule has 0 saturated heterocycles. The van der Waals surface area contributed by atoms with Crippen LogP contribution in [0.2, 0.25) is 0 Å². The summed E-state index contributed by atoms with van der Waals surface area (Å²) in [7, 11) is 3.67. The lowest BCUT2D eigenvalue weighted by molar-refractivity contribution is -0.0565. The summed E-state index contributed by atoms with van der Waals surface area (Å²) in [5.41, 5.74) is 0. The van der Waals surface area contributed by atoms with Crippen LogP contribution in [0.1, 0.15) is 104 Å². The topological polar surface area (TPSA) is 55.4 Å². The molecule has 0 radical (unpaired) electrons. The van der Waals surface area contributed by atoms with Gasteiger partial charge in [-0.15, -0.1) is 25.7 Å². The number of methoxy groups -OCH3 is 2. The molecule has 0 aromatic carbocycles. The van der Waals surface area contributed by atoms with Gasteiger partial charge in [-0.3, -0.25) is 0 Å². The molecule has 374 valence electrons. The summed E-state index contributed by atoms with van der Waals surface area (Å²) < 4.78 is 36.9. The second-order valence-electron chi connectivity index (χ2n) is 19.5. The van der Waals surface area contributed by atoms with Crippen molar-refractivity contribution in [3.63, 3.8) is 0 Å². The average molecular weight is 979 g/mol. The maximum atomic E-state index is 6.45. The molecule has 0 spiro atoms. The molecule has 74 heavy (non-hydrogen) atoms. The van der Waals surface area contributed by atoms with E-state index in [1.807, 2.05) is 14.0 Å². The number of hydrogen-bond acceptors (Lipinski definition) is 6. The summed E-state index contributed by atoms with van der Waals surface area (Å²) in [5, 5.41) is 0. The highest BCUT2D eigenvalue weighted by Crippen LogP contribution is 2.49. The molecular formula is C68H66O6. The van der Waals surface area contributed by atoms with E-state index in [2.05, 4.69) is 186 Å². The molecule has 6 nitrogen and oxygen atoms in total. The van der Waals surface area contributed by atoms with Crippen LogP contribution in [0.25, 0.3) is 0 Å². The number of rotatable bonds is 13. The molecule has 14 unspecified atom stereocenters. The normalized spacial score (nSPS) is 31.5. The molecule has 0 aromatic rings. The predicted molar refractivity (Wildman–Crippen MR) is 292 cm³/mol. The van der Waals surface area contributed by atoms with E-state index in [-0.39, 0.29) is 60.3 Å². The molecule has 0 aliphatic heterocycles. The van der Waals surface area contributed by atoms with Crippen molar-refractivity contribution in [2.45, 2.75) is 140 Å². The van der Waals surface area contributed by atoms with Crippen molar-refractivity contribution in [1.82, 2.24) is 0 Å². The van der Waals surface area contributed by atoms with Crippen LogP contribution < -0.4 is 0 Å². The number of allylic oxidation sites excluding steroid dienone is 3. The van der Waals surface area contributed by atoms with Crippen LogP contribution in [-0.4, -0.2) is 50.8 Å². The highest BCUT2D eigenvalue weighted by atomic mass is 16.5. The van der Waals surface area contributed by atoms with Crippen molar-refractivity contribution < 1.29 is 28.4 Å². The van der Waals surface area contributed by atoms with E-state index in [1.165, 1.54) is 19.3 Å². The van der Waals surface area contributed by atoms with Crippen LogP contribution in [0, 0.1) is 228 Å². The molecule has 5 saturated carbocycles. The fourth-order valence-corrected chi connectivity index (χ4v) is 11.9. The lowest BCUT2D eigenvalue weighted by Gasteiger charge is -2.46. The third-order valence-electron chi connectivity index (χ3n) is 15.3. The lowest BCUT2D eigenvalue weighted by atomic mass is 9.62. The number of ether oxygens (including phenoxy) is 6. The van der Waals surface area contributed by atoms with Gasteiger partial charge in [0.25, 0.3) is 0 Å². The first-order chi connectivity index (χ1) is 36.3. The van der Waals surface area contributed by atoms with Gasteiger partial charge >= 0.3 is 0 Å². The Bertz CT molecular complexity index is 2830. The minimum atomic E-state index is -0.324. The molecular weight excluding hydrogens is 913 g/mol. The lowest BCUT2D eigenvalue weighted by Crippen LogP contribution is -2.44. The van der Waals surface area contributed by atoms with Gasteiger partial charge in [-0.05, 0) is 191 Å². The van der Waals surface area contributed by atoms with Gasteiger partial charge < -0.3 is 28.4 Å². The minimum Gasteiger partial charge on any atom is -0.443 e. The van der Waals surface area contributed by atoms with Crippen LogP contribution >= 0.6 is 0 Å². The van der Waals surface area contributed by atoms with E-state index in [9.17, 15) is 0 Å². The Balaban J connectivity index is 1.37.